The lowest BCUT2D eigenvalue weighted by atomic mass is 10.0. The van der Waals surface area contributed by atoms with Crippen molar-refractivity contribution in [3.05, 3.63) is 80.2 Å². The number of hydrogen-bond donors (Lipinski definition) is 2. The molecule has 3 rings (SSSR count). The first-order valence-electron chi connectivity index (χ1n) is 9.77. The minimum atomic E-state index is -4.89. The van der Waals surface area contributed by atoms with Gasteiger partial charge in [-0.25, -0.2) is 0 Å². The molecule has 0 radical (unpaired) electrons. The normalized spacial score (nSPS) is 11.5. The number of halogens is 2. The van der Waals surface area contributed by atoms with E-state index >= 15 is 0 Å². The summed E-state index contributed by atoms with van der Waals surface area (Å²) >= 11 is 6.74. The van der Waals surface area contributed by atoms with Crippen molar-refractivity contribution in [2.75, 3.05) is 4.31 Å². The maximum atomic E-state index is 13.2. The first kappa shape index (κ1) is 25.2. The van der Waals surface area contributed by atoms with E-state index in [9.17, 15) is 22.9 Å². The lowest BCUT2D eigenvalue weighted by Crippen LogP contribution is -2.37. The lowest BCUT2D eigenvalue weighted by molar-refractivity contribution is 0.100. The Kier molecular flexibility index (Phi) is 7.52. The Labute approximate surface area is 209 Å². The first-order valence-corrected chi connectivity index (χ1v) is 12.8. The monoisotopic (exact) mass is 597 g/mol. The van der Waals surface area contributed by atoms with E-state index in [-0.39, 0.29) is 22.9 Å². The van der Waals surface area contributed by atoms with Crippen LogP contribution in [-0.2, 0) is 10.3 Å². The van der Waals surface area contributed by atoms with Crippen molar-refractivity contribution in [1.82, 2.24) is 0 Å². The lowest BCUT2D eigenvalue weighted by Gasteiger charge is -2.21. The van der Waals surface area contributed by atoms with E-state index in [2.05, 4.69) is 31.9 Å². The summed E-state index contributed by atoms with van der Waals surface area (Å²) in [6, 6.07) is 14.0. The number of carbonyl (C=O) groups excluding carboxylic acids is 1. The summed E-state index contributed by atoms with van der Waals surface area (Å²) in [5.41, 5.74) is 1.25. The second-order valence-electron chi connectivity index (χ2n) is 7.58. The predicted molar refractivity (Wildman–Crippen MR) is 134 cm³/mol. The molecule has 0 aliphatic rings. The van der Waals surface area contributed by atoms with Crippen LogP contribution in [0.1, 0.15) is 41.3 Å². The van der Waals surface area contributed by atoms with Gasteiger partial charge in [0.25, 0.3) is 5.91 Å². The second kappa shape index (κ2) is 9.84. The highest BCUT2D eigenvalue weighted by atomic mass is 79.9. The largest absolute Gasteiger partial charge is 0.508 e. The molecule has 0 aliphatic carbocycles. The Balaban J connectivity index is 2.01. The highest BCUT2D eigenvalue weighted by Gasteiger charge is 2.30. The minimum Gasteiger partial charge on any atom is -0.508 e. The molecule has 3 aromatic carbocycles. The van der Waals surface area contributed by atoms with E-state index in [0.717, 1.165) is 0 Å². The number of para-hydroxylation sites is 1. The van der Waals surface area contributed by atoms with Gasteiger partial charge in [-0.3, -0.25) is 9.35 Å². The molecule has 0 saturated heterocycles. The molecule has 2 N–H and O–H groups in total. The van der Waals surface area contributed by atoms with E-state index in [1.165, 1.54) is 24.3 Å². The van der Waals surface area contributed by atoms with Gasteiger partial charge >= 0.3 is 10.3 Å². The van der Waals surface area contributed by atoms with E-state index in [0.29, 0.717) is 35.9 Å². The number of nitrogens with zero attached hydrogens (tertiary/aromatic N) is 1. The molecular weight excluding hydrogens is 578 g/mol. The number of carbonyl (C=O) groups is 1. The van der Waals surface area contributed by atoms with E-state index in [1.807, 2.05) is 13.8 Å². The van der Waals surface area contributed by atoms with Gasteiger partial charge in [0.1, 0.15) is 11.5 Å². The molecule has 0 unspecified atom stereocenters. The molecule has 7 nitrogen and oxygen atoms in total. The number of ether oxygens (including phenoxy) is 1. The number of anilines is 1. The molecule has 0 fully saturated rings. The molecule has 0 heterocycles. The molecule has 10 heteroatoms. The quantitative estimate of drug-likeness (QED) is 0.310. The van der Waals surface area contributed by atoms with Crippen LogP contribution in [0.2, 0.25) is 0 Å². The average Bonchev–Trinajstić information content (AvgIpc) is 2.72. The van der Waals surface area contributed by atoms with Gasteiger partial charge in [0.05, 0.1) is 14.6 Å². The van der Waals surface area contributed by atoms with E-state index in [1.54, 1.807) is 37.3 Å². The van der Waals surface area contributed by atoms with Crippen molar-refractivity contribution in [3.63, 3.8) is 0 Å². The Morgan fingerprint density at radius 3 is 2.18 bits per heavy atom. The summed E-state index contributed by atoms with van der Waals surface area (Å²) in [4.78, 5) is 13.2. The van der Waals surface area contributed by atoms with Crippen LogP contribution in [0.3, 0.4) is 0 Å². The van der Waals surface area contributed by atoms with Crippen molar-refractivity contribution in [2.45, 2.75) is 26.7 Å². The Hall–Kier alpha value is -2.40. The molecule has 0 atom stereocenters. The number of aromatic hydroxyl groups is 1. The van der Waals surface area contributed by atoms with Gasteiger partial charge in [0.2, 0.25) is 0 Å². The number of phenols is 1. The fraction of sp³-hybridized carbons (Fsp3) is 0.174. The Morgan fingerprint density at radius 2 is 1.64 bits per heavy atom. The highest BCUT2D eigenvalue weighted by Crippen LogP contribution is 2.40. The Bertz CT molecular complexity index is 1300. The Morgan fingerprint density at radius 1 is 1.03 bits per heavy atom. The van der Waals surface area contributed by atoms with Crippen LogP contribution >= 0.6 is 31.9 Å². The predicted octanol–water partition coefficient (Wildman–Crippen LogP) is 6.59. The smallest absolute Gasteiger partial charge is 0.366 e. The minimum absolute atomic E-state index is 0.00412. The van der Waals surface area contributed by atoms with E-state index in [4.69, 9.17) is 4.74 Å². The van der Waals surface area contributed by atoms with Gasteiger partial charge in [-0.05, 0) is 86.7 Å². The van der Waals surface area contributed by atoms with Crippen LogP contribution in [0.15, 0.2) is 63.5 Å². The zero-order valence-corrected chi connectivity index (χ0v) is 21.9. The van der Waals surface area contributed by atoms with Crippen LogP contribution < -0.4 is 9.04 Å². The third kappa shape index (κ3) is 5.57. The molecule has 3 aromatic rings. The number of aryl methyl sites for hydroxylation is 1. The van der Waals surface area contributed by atoms with Crippen LogP contribution in [0.4, 0.5) is 5.69 Å². The third-order valence-electron chi connectivity index (χ3n) is 4.84. The highest BCUT2D eigenvalue weighted by molar-refractivity contribution is 9.11. The molecule has 33 heavy (non-hydrogen) atoms. The molecule has 0 aliphatic heterocycles. The van der Waals surface area contributed by atoms with Crippen molar-refractivity contribution >= 4 is 53.8 Å². The van der Waals surface area contributed by atoms with Gasteiger partial charge in [0.15, 0.2) is 5.75 Å². The molecule has 0 saturated carbocycles. The molecule has 174 valence electrons. The molecule has 0 bridgehead atoms. The number of rotatable bonds is 6. The fourth-order valence-electron chi connectivity index (χ4n) is 3.20. The van der Waals surface area contributed by atoms with Crippen LogP contribution in [0.5, 0.6) is 17.2 Å². The van der Waals surface area contributed by atoms with Gasteiger partial charge in [0, 0.05) is 11.1 Å². The standard InChI is InChI=1S/C23H21Br2NO6S/c1-13(2)17-12-16(8-9-21(17)27)32-22-18(24)10-15(11-19(22)25)23(28)26(33(29,30)31)20-7-5-4-6-14(20)3/h4-13,27H,1-3H3,(H,29,30,31). The van der Waals surface area contributed by atoms with Gasteiger partial charge in [-0.2, -0.15) is 12.7 Å². The molecule has 0 spiro atoms. The first-order chi connectivity index (χ1) is 15.4. The summed E-state index contributed by atoms with van der Waals surface area (Å²) in [5, 5.41) is 10.0. The number of hydrogen-bond acceptors (Lipinski definition) is 5. The molecular formula is C23H21Br2NO6S. The fourth-order valence-corrected chi connectivity index (χ4v) is 5.32. The maximum absolute atomic E-state index is 13.2. The van der Waals surface area contributed by atoms with Crippen molar-refractivity contribution in [2.24, 2.45) is 0 Å². The van der Waals surface area contributed by atoms with Crippen molar-refractivity contribution < 1.29 is 27.6 Å². The maximum Gasteiger partial charge on any atom is 0.366 e. The topological polar surface area (TPSA) is 104 Å². The van der Waals surface area contributed by atoms with Crippen molar-refractivity contribution in [3.8, 4) is 17.2 Å². The van der Waals surface area contributed by atoms with Crippen LogP contribution in [0, 0.1) is 6.92 Å². The summed E-state index contributed by atoms with van der Waals surface area (Å²) in [6.45, 7) is 5.52. The zero-order chi connectivity index (χ0) is 24.5. The van der Waals surface area contributed by atoms with Crippen LogP contribution in [0.25, 0.3) is 0 Å². The average molecular weight is 599 g/mol. The number of phenolic OH excluding ortho intramolecular Hbond substituents is 1. The summed E-state index contributed by atoms with van der Waals surface area (Å²) in [7, 11) is -4.89. The summed E-state index contributed by atoms with van der Waals surface area (Å²) < 4.78 is 41.0. The molecule has 1 amide bonds. The SMILES string of the molecule is Cc1ccccc1N(C(=O)c1cc(Br)c(Oc2ccc(O)c(C(C)C)c2)c(Br)c1)S(=O)(=O)O. The van der Waals surface area contributed by atoms with E-state index < -0.39 is 16.2 Å². The zero-order valence-electron chi connectivity index (χ0n) is 17.9. The van der Waals surface area contributed by atoms with Gasteiger partial charge in [-0.15, -0.1) is 0 Å². The van der Waals surface area contributed by atoms with Gasteiger partial charge < -0.3 is 9.84 Å². The summed E-state index contributed by atoms with van der Waals surface area (Å²) in [5.74, 6) is 0.121. The third-order valence-corrected chi connectivity index (χ3v) is 6.84. The van der Waals surface area contributed by atoms with Gasteiger partial charge in [-0.1, -0.05) is 32.0 Å². The number of amides is 1. The number of benzene rings is 3. The van der Waals surface area contributed by atoms with Crippen LogP contribution in [-0.4, -0.2) is 24.0 Å². The molecule has 0 aromatic heterocycles. The van der Waals surface area contributed by atoms with Crippen molar-refractivity contribution in [1.29, 1.82) is 0 Å². The summed E-state index contributed by atoms with van der Waals surface area (Å²) in [6.07, 6.45) is 0. The second-order valence-corrected chi connectivity index (χ2v) is 10.5.